The molecule has 1 rings (SSSR count). The number of carboxylic acids is 1. The second-order valence-electron chi connectivity index (χ2n) is 4.34. The molecule has 1 aromatic rings. The highest BCUT2D eigenvalue weighted by atomic mass is 79.9. The summed E-state index contributed by atoms with van der Waals surface area (Å²) in [5.74, 6) is -0.533. The van der Waals surface area contributed by atoms with Gasteiger partial charge in [-0.3, -0.25) is 4.79 Å². The Kier molecular flexibility index (Phi) is 6.51. The highest BCUT2D eigenvalue weighted by Crippen LogP contribution is 2.25. The Labute approximate surface area is 126 Å². The molecule has 0 saturated heterocycles. The lowest BCUT2D eigenvalue weighted by atomic mass is 10.1. The molecule has 110 valence electrons. The van der Waals surface area contributed by atoms with Gasteiger partial charge in [-0.2, -0.15) is 0 Å². The predicted molar refractivity (Wildman–Crippen MR) is 78.9 cm³/mol. The molecule has 0 aliphatic heterocycles. The van der Waals surface area contributed by atoms with Gasteiger partial charge >= 0.3 is 5.97 Å². The Morgan fingerprint density at radius 3 is 2.65 bits per heavy atom. The number of hydrogen-bond donors (Lipinski definition) is 2. The molecule has 0 unspecified atom stereocenters. The summed E-state index contributed by atoms with van der Waals surface area (Å²) in [7, 11) is 1.59. The molecule has 5 nitrogen and oxygen atoms in total. The molecular weight excluding hydrogens is 326 g/mol. The number of amides is 1. The maximum atomic E-state index is 11.7. The Balaban J connectivity index is 2.52. The molecule has 0 spiro atoms. The van der Waals surface area contributed by atoms with Crippen LogP contribution < -0.4 is 10.1 Å². The zero-order valence-electron chi connectivity index (χ0n) is 11.5. The highest BCUT2D eigenvalue weighted by Gasteiger charge is 2.17. The number of carboxylic acid groups (broad SMARTS) is 1. The van der Waals surface area contributed by atoms with Gasteiger partial charge in [-0.25, -0.2) is 4.79 Å². The van der Waals surface area contributed by atoms with E-state index in [2.05, 4.69) is 21.2 Å². The van der Waals surface area contributed by atoms with Gasteiger partial charge in [0.15, 0.2) is 0 Å². The first-order chi connectivity index (χ1) is 9.47. The second kappa shape index (κ2) is 7.89. The van der Waals surface area contributed by atoms with E-state index in [1.807, 2.05) is 18.2 Å². The van der Waals surface area contributed by atoms with Gasteiger partial charge in [-0.05, 0) is 46.5 Å². The molecule has 0 saturated carbocycles. The number of hydrogen-bond acceptors (Lipinski definition) is 3. The summed E-state index contributed by atoms with van der Waals surface area (Å²) < 4.78 is 5.96. The topological polar surface area (TPSA) is 75.6 Å². The van der Waals surface area contributed by atoms with Gasteiger partial charge in [0, 0.05) is 6.42 Å². The van der Waals surface area contributed by atoms with E-state index in [1.54, 1.807) is 14.0 Å². The lowest BCUT2D eigenvalue weighted by Gasteiger charge is -2.12. The SMILES string of the molecule is CC[C@@H](NC(=O)CCc1ccc(OC)c(Br)c1)C(=O)O. The van der Waals surface area contributed by atoms with Crippen molar-refractivity contribution in [2.24, 2.45) is 0 Å². The standard InChI is InChI=1S/C14H18BrNO4/c1-3-11(14(18)19)16-13(17)7-5-9-4-6-12(20-2)10(15)8-9/h4,6,8,11H,3,5,7H2,1-2H3,(H,16,17)(H,18,19)/t11-/m1/s1. The number of methoxy groups -OCH3 is 1. The monoisotopic (exact) mass is 343 g/mol. The number of carbonyl (C=O) groups is 2. The summed E-state index contributed by atoms with van der Waals surface area (Å²) >= 11 is 3.38. The minimum Gasteiger partial charge on any atom is -0.496 e. The van der Waals surface area contributed by atoms with Crippen LogP contribution in [0, 0.1) is 0 Å². The van der Waals surface area contributed by atoms with Crippen molar-refractivity contribution in [1.29, 1.82) is 0 Å². The van der Waals surface area contributed by atoms with Crippen molar-refractivity contribution < 1.29 is 19.4 Å². The molecule has 1 atom stereocenters. The van der Waals surface area contributed by atoms with Crippen LogP contribution in [0.25, 0.3) is 0 Å². The molecule has 1 aromatic carbocycles. The van der Waals surface area contributed by atoms with E-state index >= 15 is 0 Å². The number of nitrogens with one attached hydrogen (secondary N) is 1. The molecular formula is C14H18BrNO4. The molecule has 6 heteroatoms. The van der Waals surface area contributed by atoms with Gasteiger partial charge in [-0.15, -0.1) is 0 Å². The quantitative estimate of drug-likeness (QED) is 0.796. The van der Waals surface area contributed by atoms with Crippen LogP contribution in [0.5, 0.6) is 5.75 Å². The highest BCUT2D eigenvalue weighted by molar-refractivity contribution is 9.10. The van der Waals surface area contributed by atoms with Crippen LogP contribution in [0.4, 0.5) is 0 Å². The van der Waals surface area contributed by atoms with E-state index in [-0.39, 0.29) is 12.3 Å². The summed E-state index contributed by atoms with van der Waals surface area (Å²) in [6.07, 6.45) is 1.17. The van der Waals surface area contributed by atoms with Crippen LogP contribution >= 0.6 is 15.9 Å². The second-order valence-corrected chi connectivity index (χ2v) is 5.19. The first-order valence-corrected chi connectivity index (χ1v) is 7.11. The van der Waals surface area contributed by atoms with E-state index in [9.17, 15) is 9.59 Å². The number of ether oxygens (including phenoxy) is 1. The first kappa shape index (κ1) is 16.5. The molecule has 2 N–H and O–H groups in total. The van der Waals surface area contributed by atoms with Crippen molar-refractivity contribution >= 4 is 27.8 Å². The maximum absolute atomic E-state index is 11.7. The van der Waals surface area contributed by atoms with Crippen molar-refractivity contribution in [2.45, 2.75) is 32.2 Å². The zero-order valence-corrected chi connectivity index (χ0v) is 13.1. The van der Waals surface area contributed by atoms with Crippen molar-refractivity contribution in [3.63, 3.8) is 0 Å². The van der Waals surface area contributed by atoms with E-state index in [0.29, 0.717) is 12.8 Å². The third kappa shape index (κ3) is 4.85. The Morgan fingerprint density at radius 1 is 1.45 bits per heavy atom. The van der Waals surface area contributed by atoms with Crippen molar-refractivity contribution in [3.05, 3.63) is 28.2 Å². The third-order valence-electron chi connectivity index (χ3n) is 2.90. The van der Waals surface area contributed by atoms with E-state index in [0.717, 1.165) is 15.8 Å². The minimum atomic E-state index is -1.01. The number of aliphatic carboxylic acids is 1. The van der Waals surface area contributed by atoms with Crippen LogP contribution in [0.3, 0.4) is 0 Å². The summed E-state index contributed by atoms with van der Waals surface area (Å²) in [6, 6.07) is 4.78. The summed E-state index contributed by atoms with van der Waals surface area (Å²) in [6.45, 7) is 1.72. The predicted octanol–water partition coefficient (Wildman–Crippen LogP) is 2.37. The zero-order chi connectivity index (χ0) is 15.1. The van der Waals surface area contributed by atoms with Gasteiger partial charge in [0.2, 0.25) is 5.91 Å². The molecule has 0 aliphatic carbocycles. The van der Waals surface area contributed by atoms with E-state index in [4.69, 9.17) is 9.84 Å². The molecule has 20 heavy (non-hydrogen) atoms. The molecule has 0 aromatic heterocycles. The van der Waals surface area contributed by atoms with E-state index in [1.165, 1.54) is 0 Å². The molecule has 0 bridgehead atoms. The van der Waals surface area contributed by atoms with Gasteiger partial charge < -0.3 is 15.2 Å². The third-order valence-corrected chi connectivity index (χ3v) is 3.52. The van der Waals surface area contributed by atoms with Crippen LogP contribution in [0.2, 0.25) is 0 Å². The number of carbonyl (C=O) groups excluding carboxylic acids is 1. The largest absolute Gasteiger partial charge is 0.496 e. The lowest BCUT2D eigenvalue weighted by Crippen LogP contribution is -2.40. The van der Waals surface area contributed by atoms with Crippen LogP contribution in [-0.2, 0) is 16.0 Å². The number of aryl methyl sites for hydroxylation is 1. The van der Waals surface area contributed by atoms with Crippen molar-refractivity contribution in [1.82, 2.24) is 5.32 Å². The normalized spacial score (nSPS) is 11.8. The molecule has 1 amide bonds. The Hall–Kier alpha value is -1.56. The summed E-state index contributed by atoms with van der Waals surface area (Å²) in [5, 5.41) is 11.4. The van der Waals surface area contributed by atoms with E-state index < -0.39 is 12.0 Å². The summed E-state index contributed by atoms with van der Waals surface area (Å²) in [5.41, 5.74) is 0.983. The van der Waals surface area contributed by atoms with Crippen LogP contribution in [0.1, 0.15) is 25.3 Å². The number of halogens is 1. The Morgan fingerprint density at radius 2 is 2.15 bits per heavy atom. The number of rotatable bonds is 7. The Bertz CT molecular complexity index is 490. The fourth-order valence-corrected chi connectivity index (χ4v) is 2.32. The van der Waals surface area contributed by atoms with Gasteiger partial charge in [0.1, 0.15) is 11.8 Å². The van der Waals surface area contributed by atoms with Crippen LogP contribution in [0.15, 0.2) is 22.7 Å². The van der Waals surface area contributed by atoms with Gasteiger partial charge in [0.25, 0.3) is 0 Å². The average Bonchev–Trinajstić information content (AvgIpc) is 2.42. The molecule has 0 heterocycles. The van der Waals surface area contributed by atoms with Crippen molar-refractivity contribution in [2.75, 3.05) is 7.11 Å². The molecule has 0 radical (unpaired) electrons. The van der Waals surface area contributed by atoms with Gasteiger partial charge in [0.05, 0.1) is 11.6 Å². The number of benzene rings is 1. The van der Waals surface area contributed by atoms with Crippen molar-refractivity contribution in [3.8, 4) is 5.75 Å². The lowest BCUT2D eigenvalue weighted by molar-refractivity contribution is -0.141. The maximum Gasteiger partial charge on any atom is 0.326 e. The fourth-order valence-electron chi connectivity index (χ4n) is 1.73. The summed E-state index contributed by atoms with van der Waals surface area (Å²) in [4.78, 5) is 22.5. The van der Waals surface area contributed by atoms with Crippen LogP contribution in [-0.4, -0.2) is 30.1 Å². The molecule has 0 fully saturated rings. The molecule has 0 aliphatic rings. The minimum absolute atomic E-state index is 0.253. The smallest absolute Gasteiger partial charge is 0.326 e. The van der Waals surface area contributed by atoms with Gasteiger partial charge in [-0.1, -0.05) is 13.0 Å². The average molecular weight is 344 g/mol. The fraction of sp³-hybridized carbons (Fsp3) is 0.429. The first-order valence-electron chi connectivity index (χ1n) is 6.32.